The van der Waals surface area contributed by atoms with E-state index in [9.17, 15) is 8.42 Å². The Labute approximate surface area is 119 Å². The average molecular weight is 231 g/mol. The van der Waals surface area contributed by atoms with E-state index < -0.39 is 10.0 Å². The summed E-state index contributed by atoms with van der Waals surface area (Å²) < 4.78 is 21.4. The van der Waals surface area contributed by atoms with Gasteiger partial charge in [0.1, 0.15) is 0 Å². The van der Waals surface area contributed by atoms with Gasteiger partial charge in [0.05, 0.1) is 4.90 Å². The van der Waals surface area contributed by atoms with Gasteiger partial charge in [-0.1, -0.05) is 17.7 Å². The smallest absolute Gasteiger partial charge is 0.225 e. The van der Waals surface area contributed by atoms with Crippen molar-refractivity contribution < 1.29 is 8.42 Å². The third-order valence-electron chi connectivity index (χ3n) is 1.12. The monoisotopic (exact) mass is 230 g/mol. The maximum Gasteiger partial charge on any atom is 0.238 e. The fraction of sp³-hybridized carbons (Fsp3) is 0. The van der Waals surface area contributed by atoms with Gasteiger partial charge in [0.2, 0.25) is 10.0 Å². The molecule has 0 spiro atoms. The first-order valence-corrected chi connectivity index (χ1v) is 4.71. The van der Waals surface area contributed by atoms with E-state index in [4.69, 9.17) is 16.7 Å². The molecule has 1 aromatic rings. The van der Waals surface area contributed by atoms with Crippen LogP contribution in [0.25, 0.3) is 0 Å². The second-order valence-electron chi connectivity index (χ2n) is 2.00. The van der Waals surface area contributed by atoms with Crippen LogP contribution in [0.4, 0.5) is 0 Å². The molecular formula is C6H6ClKNO2S. The molecule has 0 unspecified atom stereocenters. The van der Waals surface area contributed by atoms with E-state index in [2.05, 4.69) is 0 Å². The largest absolute Gasteiger partial charge is 0.238 e. The summed E-state index contributed by atoms with van der Waals surface area (Å²) in [5, 5.41) is 5.20. The molecule has 0 saturated carbocycles. The minimum atomic E-state index is -3.61. The number of sulfonamides is 1. The molecule has 0 fully saturated rings. The minimum Gasteiger partial charge on any atom is -0.225 e. The summed E-state index contributed by atoms with van der Waals surface area (Å²) in [5.41, 5.74) is 0. The van der Waals surface area contributed by atoms with Crippen molar-refractivity contribution in [2.24, 2.45) is 5.14 Å². The van der Waals surface area contributed by atoms with Crippen LogP contribution in [0, 0.1) is 0 Å². The van der Waals surface area contributed by atoms with E-state index in [1.807, 2.05) is 0 Å². The van der Waals surface area contributed by atoms with E-state index in [0.717, 1.165) is 0 Å². The predicted molar refractivity (Wildman–Crippen MR) is 48.6 cm³/mol. The van der Waals surface area contributed by atoms with Gasteiger partial charge >= 0.3 is 0 Å². The predicted octanol–water partition coefficient (Wildman–Crippen LogP) is 0.607. The summed E-state index contributed by atoms with van der Waals surface area (Å²) in [6.45, 7) is 0. The van der Waals surface area contributed by atoms with E-state index in [1.165, 1.54) is 18.2 Å². The Morgan fingerprint density at radius 3 is 2.25 bits per heavy atom. The molecule has 2 N–H and O–H groups in total. The Hall–Kier alpha value is 1.06. The zero-order valence-electron chi connectivity index (χ0n) is 6.49. The van der Waals surface area contributed by atoms with Crippen molar-refractivity contribution in [3.63, 3.8) is 0 Å². The topological polar surface area (TPSA) is 60.2 Å². The fourth-order valence-electron chi connectivity index (χ4n) is 0.644. The summed E-state index contributed by atoms with van der Waals surface area (Å²) >= 11 is 5.53. The van der Waals surface area contributed by atoms with Gasteiger partial charge in [-0.3, -0.25) is 0 Å². The molecule has 12 heavy (non-hydrogen) atoms. The zero-order valence-corrected chi connectivity index (χ0v) is 11.2. The molecule has 6 heteroatoms. The van der Waals surface area contributed by atoms with Gasteiger partial charge in [0.15, 0.2) is 0 Å². The Morgan fingerprint density at radius 1 is 1.33 bits per heavy atom. The van der Waals surface area contributed by atoms with Crippen molar-refractivity contribution in [3.8, 4) is 0 Å². The van der Waals surface area contributed by atoms with Crippen LogP contribution in [0.15, 0.2) is 29.2 Å². The van der Waals surface area contributed by atoms with Crippen LogP contribution in [0.1, 0.15) is 0 Å². The Bertz CT molecular complexity index is 366. The van der Waals surface area contributed by atoms with Crippen molar-refractivity contribution in [3.05, 3.63) is 29.3 Å². The maximum absolute atomic E-state index is 10.7. The standard InChI is InChI=1S/C6H6ClNO2S.K/c7-5-2-1-3-6(4-5)11(8,9)10;/h1-4H,(H2,8,9,10);. The second kappa shape index (κ2) is 5.07. The van der Waals surface area contributed by atoms with Gasteiger partial charge in [-0.2, -0.15) is 0 Å². The number of hydrogen-bond donors (Lipinski definition) is 1. The summed E-state index contributed by atoms with van der Waals surface area (Å²) in [7, 11) is -3.61. The summed E-state index contributed by atoms with van der Waals surface area (Å²) in [6.07, 6.45) is 0. The van der Waals surface area contributed by atoms with Crippen LogP contribution < -0.4 is 5.14 Å². The molecule has 0 atom stereocenters. The Morgan fingerprint density at radius 2 is 1.92 bits per heavy atom. The van der Waals surface area contributed by atoms with Crippen LogP contribution in [0.5, 0.6) is 0 Å². The summed E-state index contributed by atoms with van der Waals surface area (Å²) in [6, 6.07) is 5.80. The molecule has 1 radical (unpaired) electrons. The molecule has 0 saturated heterocycles. The number of halogens is 1. The first kappa shape index (κ1) is 13.1. The third-order valence-corrected chi connectivity index (χ3v) is 2.27. The number of benzene rings is 1. The number of primary sulfonamides is 1. The molecule has 0 aliphatic carbocycles. The van der Waals surface area contributed by atoms with Crippen molar-refractivity contribution in [1.82, 2.24) is 0 Å². The Kier molecular flexibility index (Phi) is 5.51. The first-order valence-electron chi connectivity index (χ1n) is 2.78. The normalized spacial score (nSPS) is 10.5. The van der Waals surface area contributed by atoms with E-state index in [0.29, 0.717) is 5.02 Å². The molecular weight excluding hydrogens is 225 g/mol. The van der Waals surface area contributed by atoms with E-state index in [1.54, 1.807) is 6.07 Å². The minimum absolute atomic E-state index is 0. The third kappa shape index (κ3) is 3.84. The molecule has 1 rings (SSSR count). The van der Waals surface area contributed by atoms with Crippen molar-refractivity contribution >= 4 is 73.0 Å². The van der Waals surface area contributed by atoms with Gasteiger partial charge in [0, 0.05) is 56.4 Å². The second-order valence-corrected chi connectivity index (χ2v) is 4.00. The molecule has 0 aromatic heterocycles. The SMILES string of the molecule is NS(=O)(=O)c1cccc(Cl)c1.[K]. The molecule has 1 aromatic carbocycles. The van der Waals surface area contributed by atoms with Gasteiger partial charge in [-0.25, -0.2) is 13.6 Å². The molecule has 0 aliphatic rings. The number of hydrogen-bond acceptors (Lipinski definition) is 2. The van der Waals surface area contributed by atoms with E-state index >= 15 is 0 Å². The zero-order chi connectivity index (χ0) is 8.48. The van der Waals surface area contributed by atoms with Gasteiger partial charge in [-0.05, 0) is 18.2 Å². The van der Waals surface area contributed by atoms with E-state index in [-0.39, 0.29) is 56.3 Å². The quantitative estimate of drug-likeness (QED) is 0.719. The molecule has 0 aliphatic heterocycles. The first-order chi connectivity index (χ1) is 5.00. The van der Waals surface area contributed by atoms with Crippen LogP contribution >= 0.6 is 11.6 Å². The summed E-state index contributed by atoms with van der Waals surface area (Å²) in [4.78, 5) is 0.0324. The summed E-state index contributed by atoms with van der Waals surface area (Å²) in [5.74, 6) is 0. The molecule has 61 valence electrons. The fourth-order valence-corrected chi connectivity index (χ4v) is 1.46. The van der Waals surface area contributed by atoms with Crippen LogP contribution in [-0.2, 0) is 10.0 Å². The average Bonchev–Trinajstić information content (AvgIpc) is 1.86. The van der Waals surface area contributed by atoms with Crippen molar-refractivity contribution in [1.29, 1.82) is 0 Å². The van der Waals surface area contributed by atoms with Gasteiger partial charge in [-0.15, -0.1) is 0 Å². The van der Waals surface area contributed by atoms with Crippen LogP contribution in [0.3, 0.4) is 0 Å². The maximum atomic E-state index is 10.7. The van der Waals surface area contributed by atoms with Crippen molar-refractivity contribution in [2.75, 3.05) is 0 Å². The number of nitrogens with two attached hydrogens (primary N) is 1. The molecule has 0 bridgehead atoms. The molecule has 0 amide bonds. The molecule has 3 nitrogen and oxygen atoms in total. The van der Waals surface area contributed by atoms with Crippen LogP contribution in [0.2, 0.25) is 5.02 Å². The van der Waals surface area contributed by atoms with Gasteiger partial charge < -0.3 is 0 Å². The van der Waals surface area contributed by atoms with Gasteiger partial charge in [0.25, 0.3) is 0 Å². The molecule has 0 heterocycles. The van der Waals surface area contributed by atoms with Crippen LogP contribution in [-0.4, -0.2) is 59.8 Å². The number of rotatable bonds is 1. The van der Waals surface area contributed by atoms with Crippen molar-refractivity contribution in [2.45, 2.75) is 4.90 Å². The Balaban J connectivity index is 0.00000121.